The fourth-order valence-corrected chi connectivity index (χ4v) is 5.34. The number of hydrogen-bond acceptors (Lipinski definition) is 3. The molecular formula is C26H27F2NO2. The largest absolute Gasteiger partial charge is 0.481 e. The van der Waals surface area contributed by atoms with E-state index in [0.717, 1.165) is 47.7 Å². The molecule has 2 aromatic carbocycles. The van der Waals surface area contributed by atoms with Crippen molar-refractivity contribution in [2.75, 3.05) is 5.32 Å². The summed E-state index contributed by atoms with van der Waals surface area (Å²) < 4.78 is 35.2. The maximum Gasteiger partial charge on any atom is 0.168 e. The Bertz CT molecular complexity index is 1130. The molecule has 3 aliphatic rings. The van der Waals surface area contributed by atoms with Gasteiger partial charge in [-0.05, 0) is 63.3 Å². The summed E-state index contributed by atoms with van der Waals surface area (Å²) in [5.74, 6) is -1.20. The Morgan fingerprint density at radius 2 is 1.97 bits per heavy atom. The van der Waals surface area contributed by atoms with Gasteiger partial charge in [0, 0.05) is 34.4 Å². The molecule has 5 rings (SSSR count). The molecular weight excluding hydrogens is 396 g/mol. The third-order valence-corrected chi connectivity index (χ3v) is 6.86. The molecule has 162 valence electrons. The standard InChI is InChI=1S/C26H27F2NO2/c1-13-6-5-7-15(10-13)23-22-17(18-11-16(27)12-19(28)24(18)31-23)8-9-20-21(22)14(2)25(30)26(3,4)29-20/h8-12,15,23,25,29-30H,2,5-7H2,1,3-4H3. The lowest BCUT2D eigenvalue weighted by Crippen LogP contribution is -2.47. The lowest BCUT2D eigenvalue weighted by atomic mass is 9.74. The first-order valence-electron chi connectivity index (χ1n) is 10.8. The van der Waals surface area contributed by atoms with Crippen molar-refractivity contribution >= 4 is 11.3 Å². The Morgan fingerprint density at radius 3 is 2.71 bits per heavy atom. The maximum absolute atomic E-state index is 14.8. The van der Waals surface area contributed by atoms with E-state index < -0.39 is 29.4 Å². The summed E-state index contributed by atoms with van der Waals surface area (Å²) in [6, 6.07) is 5.99. The van der Waals surface area contributed by atoms with Gasteiger partial charge in [-0.25, -0.2) is 8.78 Å². The Hall–Kier alpha value is -2.66. The average molecular weight is 424 g/mol. The molecule has 2 N–H and O–H groups in total. The smallest absolute Gasteiger partial charge is 0.168 e. The van der Waals surface area contributed by atoms with E-state index in [0.29, 0.717) is 11.1 Å². The molecule has 0 spiro atoms. The van der Waals surface area contributed by atoms with Gasteiger partial charge in [0.15, 0.2) is 11.6 Å². The topological polar surface area (TPSA) is 41.5 Å². The van der Waals surface area contributed by atoms with Gasteiger partial charge in [0.25, 0.3) is 0 Å². The molecule has 0 saturated heterocycles. The number of nitrogens with one attached hydrogen (secondary N) is 1. The minimum absolute atomic E-state index is 0.0523. The van der Waals surface area contributed by atoms with E-state index in [2.05, 4.69) is 24.9 Å². The number of aliphatic hydroxyl groups is 1. The molecule has 5 heteroatoms. The van der Waals surface area contributed by atoms with Crippen LogP contribution in [0.3, 0.4) is 0 Å². The first-order chi connectivity index (χ1) is 14.7. The summed E-state index contributed by atoms with van der Waals surface area (Å²) in [5, 5.41) is 14.4. The number of hydrogen-bond donors (Lipinski definition) is 2. The SMILES string of the molecule is C=C1c2c(ccc3c2C(C2C=C(C)CCC2)Oc2c(F)cc(F)cc2-3)NC(C)(C)C1O. The molecule has 2 heterocycles. The van der Waals surface area contributed by atoms with Crippen molar-refractivity contribution in [3.63, 3.8) is 0 Å². The van der Waals surface area contributed by atoms with Crippen molar-refractivity contribution in [3.8, 4) is 16.9 Å². The van der Waals surface area contributed by atoms with Crippen LogP contribution in [-0.2, 0) is 0 Å². The van der Waals surface area contributed by atoms with Crippen molar-refractivity contribution in [1.29, 1.82) is 0 Å². The number of benzene rings is 2. The minimum Gasteiger partial charge on any atom is -0.481 e. The van der Waals surface area contributed by atoms with Crippen LogP contribution in [0.4, 0.5) is 14.5 Å². The van der Waals surface area contributed by atoms with Crippen LogP contribution in [0.5, 0.6) is 5.75 Å². The maximum atomic E-state index is 14.8. The molecule has 3 nitrogen and oxygen atoms in total. The monoisotopic (exact) mass is 423 g/mol. The molecule has 1 aliphatic carbocycles. The van der Waals surface area contributed by atoms with Gasteiger partial charge >= 0.3 is 0 Å². The number of aliphatic hydroxyl groups excluding tert-OH is 1. The van der Waals surface area contributed by atoms with Gasteiger partial charge < -0.3 is 15.2 Å². The Balaban J connectivity index is 1.79. The first-order valence-corrected chi connectivity index (χ1v) is 10.8. The summed E-state index contributed by atoms with van der Waals surface area (Å²) in [6.07, 6.45) is 3.95. The lowest BCUT2D eigenvalue weighted by molar-refractivity contribution is 0.137. The number of halogens is 2. The fourth-order valence-electron chi connectivity index (χ4n) is 5.34. The predicted octanol–water partition coefficient (Wildman–Crippen LogP) is 6.39. The summed E-state index contributed by atoms with van der Waals surface area (Å²) in [4.78, 5) is 0. The van der Waals surface area contributed by atoms with Gasteiger partial charge in [-0.2, -0.15) is 0 Å². The Morgan fingerprint density at radius 1 is 1.19 bits per heavy atom. The highest BCUT2D eigenvalue weighted by Crippen LogP contribution is 2.53. The molecule has 0 saturated carbocycles. The van der Waals surface area contributed by atoms with Gasteiger partial charge in [0.2, 0.25) is 0 Å². The molecule has 31 heavy (non-hydrogen) atoms. The summed E-state index contributed by atoms with van der Waals surface area (Å²) in [7, 11) is 0. The Kier molecular flexibility index (Phi) is 4.52. The van der Waals surface area contributed by atoms with Gasteiger partial charge in [-0.15, -0.1) is 0 Å². The average Bonchev–Trinajstić information content (AvgIpc) is 2.71. The van der Waals surface area contributed by atoms with E-state index in [4.69, 9.17) is 4.74 Å². The third kappa shape index (κ3) is 3.09. The van der Waals surface area contributed by atoms with E-state index in [1.165, 1.54) is 11.6 Å². The first kappa shape index (κ1) is 20.3. The highest BCUT2D eigenvalue weighted by atomic mass is 19.1. The van der Waals surface area contributed by atoms with E-state index in [1.807, 2.05) is 26.0 Å². The fraction of sp³-hybridized carbons (Fsp3) is 0.385. The molecule has 2 aliphatic heterocycles. The third-order valence-electron chi connectivity index (χ3n) is 6.86. The molecule has 0 radical (unpaired) electrons. The van der Waals surface area contributed by atoms with Crippen molar-refractivity contribution < 1.29 is 18.6 Å². The van der Waals surface area contributed by atoms with Crippen LogP contribution in [-0.4, -0.2) is 16.7 Å². The second kappa shape index (κ2) is 6.92. The van der Waals surface area contributed by atoms with Crippen molar-refractivity contribution in [2.24, 2.45) is 5.92 Å². The molecule has 0 fully saturated rings. The van der Waals surface area contributed by atoms with Crippen LogP contribution in [0.25, 0.3) is 16.7 Å². The molecule has 0 aromatic heterocycles. The predicted molar refractivity (Wildman–Crippen MR) is 119 cm³/mol. The van der Waals surface area contributed by atoms with Crippen LogP contribution in [0.2, 0.25) is 0 Å². The summed E-state index contributed by atoms with van der Waals surface area (Å²) >= 11 is 0. The van der Waals surface area contributed by atoms with Crippen LogP contribution in [0.15, 0.2) is 42.5 Å². The van der Waals surface area contributed by atoms with Gasteiger partial charge in [0.1, 0.15) is 18.0 Å². The van der Waals surface area contributed by atoms with E-state index in [-0.39, 0.29) is 11.7 Å². The highest BCUT2D eigenvalue weighted by molar-refractivity contribution is 5.91. The zero-order chi connectivity index (χ0) is 22.1. The van der Waals surface area contributed by atoms with Crippen molar-refractivity contribution in [1.82, 2.24) is 0 Å². The van der Waals surface area contributed by atoms with Gasteiger partial charge in [-0.1, -0.05) is 24.3 Å². The second-order valence-corrected chi connectivity index (χ2v) is 9.60. The van der Waals surface area contributed by atoms with Crippen LogP contribution in [0, 0.1) is 17.6 Å². The zero-order valence-corrected chi connectivity index (χ0v) is 18.1. The minimum atomic E-state index is -0.804. The van der Waals surface area contributed by atoms with Gasteiger partial charge in [-0.3, -0.25) is 0 Å². The number of anilines is 1. The second-order valence-electron chi connectivity index (χ2n) is 9.60. The molecule has 0 bridgehead atoms. The van der Waals surface area contributed by atoms with Gasteiger partial charge in [0.05, 0.1) is 5.54 Å². The molecule has 3 unspecified atom stereocenters. The Labute approximate surface area is 181 Å². The molecule has 2 aromatic rings. The summed E-state index contributed by atoms with van der Waals surface area (Å²) in [5.41, 5.74) is 4.92. The molecule has 3 atom stereocenters. The van der Waals surface area contributed by atoms with Crippen LogP contribution < -0.4 is 10.1 Å². The van der Waals surface area contributed by atoms with E-state index in [1.54, 1.807) is 0 Å². The van der Waals surface area contributed by atoms with Crippen molar-refractivity contribution in [3.05, 3.63) is 65.3 Å². The van der Waals surface area contributed by atoms with E-state index in [9.17, 15) is 13.9 Å². The highest BCUT2D eigenvalue weighted by Gasteiger charge is 2.42. The zero-order valence-electron chi connectivity index (χ0n) is 18.1. The van der Waals surface area contributed by atoms with E-state index >= 15 is 0 Å². The van der Waals surface area contributed by atoms with Crippen LogP contribution >= 0.6 is 0 Å². The van der Waals surface area contributed by atoms with Crippen molar-refractivity contribution in [2.45, 2.75) is 57.8 Å². The number of allylic oxidation sites excluding steroid dienone is 1. The number of fused-ring (bicyclic) bond motifs is 5. The normalized spacial score (nSPS) is 26.1. The van der Waals surface area contributed by atoms with Crippen LogP contribution in [0.1, 0.15) is 57.3 Å². The summed E-state index contributed by atoms with van der Waals surface area (Å²) in [6.45, 7) is 10.2. The number of ether oxygens (including phenoxy) is 1. The lowest BCUT2D eigenvalue weighted by Gasteiger charge is -2.43. The number of rotatable bonds is 1. The quantitative estimate of drug-likeness (QED) is 0.522. The molecule has 0 amide bonds.